The molecule has 2 aromatic heterocycles. The van der Waals surface area contributed by atoms with Crippen molar-refractivity contribution in [1.29, 1.82) is 0 Å². The first-order valence-corrected chi connectivity index (χ1v) is 11.3. The van der Waals surface area contributed by atoms with E-state index in [0.717, 1.165) is 19.4 Å². The summed E-state index contributed by atoms with van der Waals surface area (Å²) in [5.74, 6) is 0.566. The number of carbonyl (C=O) groups excluding carboxylic acids is 1. The Morgan fingerprint density at radius 3 is 2.61 bits per heavy atom. The van der Waals surface area contributed by atoms with Gasteiger partial charge >= 0.3 is 0 Å². The Morgan fingerprint density at radius 2 is 1.79 bits per heavy atom. The van der Waals surface area contributed by atoms with E-state index in [-0.39, 0.29) is 12.0 Å². The molecule has 0 saturated heterocycles. The van der Waals surface area contributed by atoms with Crippen molar-refractivity contribution in [2.24, 2.45) is 5.92 Å². The van der Waals surface area contributed by atoms with Crippen LogP contribution in [0.25, 0.3) is 5.00 Å². The minimum Gasteiger partial charge on any atom is -0.325 e. The molecule has 6 rings (SSSR count). The summed E-state index contributed by atoms with van der Waals surface area (Å²) in [6.45, 7) is 0.748. The number of rotatable bonds is 2. The summed E-state index contributed by atoms with van der Waals surface area (Å²) >= 11 is 1.96. The molecule has 1 unspecified atom stereocenters. The second-order valence-corrected chi connectivity index (χ2v) is 9.43. The average Bonchev–Trinajstić information content (AvgIpc) is 3.40. The molecule has 1 fully saturated rings. The Hall–Kier alpha value is -2.33. The number of hydrogen-bond acceptors (Lipinski definition) is 2. The van der Waals surface area contributed by atoms with Gasteiger partial charge in [0.2, 0.25) is 5.91 Å². The summed E-state index contributed by atoms with van der Waals surface area (Å²) in [7, 11) is 0. The van der Waals surface area contributed by atoms with E-state index in [1.165, 1.54) is 53.1 Å². The number of nitrogens with zero attached hydrogens (tertiary/aromatic N) is 2. The molecule has 0 N–H and O–H groups in total. The number of aromatic nitrogens is 1. The number of amides is 1. The molecule has 0 radical (unpaired) electrons. The van der Waals surface area contributed by atoms with Crippen LogP contribution in [0.15, 0.2) is 48.7 Å². The minimum atomic E-state index is -0.0110. The predicted octanol–water partition coefficient (Wildman–Crippen LogP) is 5.26. The SMILES string of the molecule is O=C(C1CC1)N1Cc2c(sc3c2CCCC3)-n2cccc2C1c1ccccc1. The summed E-state index contributed by atoms with van der Waals surface area (Å²) < 4.78 is 2.37. The lowest BCUT2D eigenvalue weighted by Crippen LogP contribution is -2.36. The first-order valence-electron chi connectivity index (χ1n) is 10.5. The fourth-order valence-corrected chi connectivity index (χ4v) is 6.36. The molecule has 1 amide bonds. The van der Waals surface area contributed by atoms with Crippen LogP contribution in [-0.4, -0.2) is 15.4 Å². The maximum atomic E-state index is 13.4. The van der Waals surface area contributed by atoms with E-state index in [1.54, 1.807) is 4.88 Å². The highest BCUT2D eigenvalue weighted by Gasteiger charge is 2.41. The highest BCUT2D eigenvalue weighted by atomic mass is 32.1. The Balaban J connectivity index is 1.57. The van der Waals surface area contributed by atoms with Crippen LogP contribution in [-0.2, 0) is 24.2 Å². The van der Waals surface area contributed by atoms with Gasteiger partial charge in [0.1, 0.15) is 5.00 Å². The van der Waals surface area contributed by atoms with E-state index < -0.39 is 0 Å². The molecule has 1 atom stereocenters. The summed E-state index contributed by atoms with van der Waals surface area (Å²) in [5, 5.41) is 1.35. The van der Waals surface area contributed by atoms with Gasteiger partial charge in [0.15, 0.2) is 0 Å². The second kappa shape index (κ2) is 6.35. The molecule has 0 spiro atoms. The quantitative estimate of drug-likeness (QED) is 0.588. The van der Waals surface area contributed by atoms with Gasteiger partial charge in [-0.2, -0.15) is 0 Å². The van der Waals surface area contributed by atoms with E-state index >= 15 is 0 Å². The number of benzene rings is 1. The lowest BCUT2D eigenvalue weighted by molar-refractivity contribution is -0.135. The summed E-state index contributed by atoms with van der Waals surface area (Å²) in [6.07, 6.45) is 9.22. The third-order valence-corrected chi connectivity index (χ3v) is 7.84. The van der Waals surface area contributed by atoms with Crippen molar-refractivity contribution in [2.45, 2.75) is 51.1 Å². The molecule has 2 aliphatic carbocycles. The molecule has 1 saturated carbocycles. The van der Waals surface area contributed by atoms with Crippen molar-refractivity contribution >= 4 is 17.2 Å². The van der Waals surface area contributed by atoms with E-state index in [2.05, 4.69) is 58.1 Å². The topological polar surface area (TPSA) is 25.2 Å². The van der Waals surface area contributed by atoms with E-state index in [1.807, 2.05) is 11.3 Å². The Morgan fingerprint density at radius 1 is 0.964 bits per heavy atom. The average molecular weight is 389 g/mol. The molecule has 142 valence electrons. The van der Waals surface area contributed by atoms with Crippen molar-refractivity contribution in [3.63, 3.8) is 0 Å². The van der Waals surface area contributed by atoms with Crippen molar-refractivity contribution in [1.82, 2.24) is 9.47 Å². The zero-order valence-electron chi connectivity index (χ0n) is 15.9. The van der Waals surface area contributed by atoms with E-state index in [4.69, 9.17) is 0 Å². The molecule has 0 bridgehead atoms. The molecule has 1 aliphatic heterocycles. The van der Waals surface area contributed by atoms with Crippen molar-refractivity contribution in [3.8, 4) is 5.00 Å². The highest BCUT2D eigenvalue weighted by Crippen LogP contribution is 2.45. The zero-order chi connectivity index (χ0) is 18.7. The van der Waals surface area contributed by atoms with Gasteiger partial charge < -0.3 is 9.47 Å². The standard InChI is InChI=1S/C24H24N2OS/c27-23(17-12-13-17)26-15-19-18-9-4-5-11-21(18)28-24(19)25-14-6-10-20(25)22(26)16-7-2-1-3-8-16/h1-3,6-8,10,14,17,22H,4-5,9,11-13,15H2. The van der Waals surface area contributed by atoms with Crippen molar-refractivity contribution in [3.05, 3.63) is 75.9 Å². The van der Waals surface area contributed by atoms with Gasteiger partial charge in [-0.1, -0.05) is 30.3 Å². The van der Waals surface area contributed by atoms with Gasteiger partial charge in [0.05, 0.1) is 11.7 Å². The normalized spacial score (nSPS) is 20.9. The molecule has 3 heterocycles. The smallest absolute Gasteiger partial charge is 0.226 e. The van der Waals surface area contributed by atoms with Crippen molar-refractivity contribution in [2.75, 3.05) is 0 Å². The maximum Gasteiger partial charge on any atom is 0.226 e. The van der Waals surface area contributed by atoms with Gasteiger partial charge in [0.25, 0.3) is 0 Å². The molecule has 3 aliphatic rings. The Labute approximate surface area is 169 Å². The maximum absolute atomic E-state index is 13.4. The fraction of sp³-hybridized carbons (Fsp3) is 0.375. The molecule has 1 aromatic carbocycles. The summed E-state index contributed by atoms with van der Waals surface area (Å²) in [5.41, 5.74) is 5.37. The second-order valence-electron chi connectivity index (χ2n) is 8.35. The zero-order valence-corrected chi connectivity index (χ0v) is 16.8. The van der Waals surface area contributed by atoms with Crippen LogP contribution in [0.3, 0.4) is 0 Å². The van der Waals surface area contributed by atoms with Crippen LogP contribution in [0.2, 0.25) is 0 Å². The summed E-state index contributed by atoms with van der Waals surface area (Å²) in [4.78, 5) is 17.2. The monoisotopic (exact) mass is 388 g/mol. The number of fused-ring (bicyclic) bond motifs is 5. The first kappa shape index (κ1) is 16.6. The first-order chi connectivity index (χ1) is 13.8. The molecular weight excluding hydrogens is 364 g/mol. The Kier molecular flexibility index (Phi) is 3.76. The van der Waals surface area contributed by atoms with Crippen LogP contribution >= 0.6 is 11.3 Å². The lowest BCUT2D eigenvalue weighted by atomic mass is 9.95. The number of carbonyl (C=O) groups is 1. The van der Waals surface area contributed by atoms with Crippen LogP contribution in [0, 0.1) is 5.92 Å². The highest BCUT2D eigenvalue weighted by molar-refractivity contribution is 7.15. The summed E-state index contributed by atoms with van der Waals surface area (Å²) in [6, 6.07) is 14.9. The largest absolute Gasteiger partial charge is 0.325 e. The van der Waals surface area contributed by atoms with Gasteiger partial charge in [-0.15, -0.1) is 11.3 Å². The van der Waals surface area contributed by atoms with Crippen LogP contribution < -0.4 is 0 Å². The van der Waals surface area contributed by atoms with Gasteiger partial charge in [-0.05, 0) is 61.8 Å². The van der Waals surface area contributed by atoms with Crippen LogP contribution in [0.4, 0.5) is 0 Å². The van der Waals surface area contributed by atoms with Gasteiger partial charge in [-0.25, -0.2) is 0 Å². The minimum absolute atomic E-state index is 0.0110. The molecular formula is C24H24N2OS. The third-order valence-electron chi connectivity index (χ3n) is 6.50. The predicted molar refractivity (Wildman–Crippen MR) is 112 cm³/mol. The molecule has 3 aromatic rings. The Bertz CT molecular complexity index is 1040. The third kappa shape index (κ3) is 2.51. The van der Waals surface area contributed by atoms with Crippen LogP contribution in [0.5, 0.6) is 0 Å². The lowest BCUT2D eigenvalue weighted by Gasteiger charge is -2.31. The molecule has 4 heteroatoms. The number of aryl methyl sites for hydroxylation is 1. The molecule has 28 heavy (non-hydrogen) atoms. The number of hydrogen-bond donors (Lipinski definition) is 0. The fourth-order valence-electron chi connectivity index (χ4n) is 4.95. The molecule has 3 nitrogen and oxygen atoms in total. The van der Waals surface area contributed by atoms with Gasteiger partial charge in [0, 0.05) is 29.1 Å². The van der Waals surface area contributed by atoms with Crippen molar-refractivity contribution < 1.29 is 4.79 Å². The van der Waals surface area contributed by atoms with Gasteiger partial charge in [-0.3, -0.25) is 4.79 Å². The van der Waals surface area contributed by atoms with E-state index in [9.17, 15) is 4.79 Å². The van der Waals surface area contributed by atoms with E-state index in [0.29, 0.717) is 5.91 Å². The number of thiophene rings is 1. The van der Waals surface area contributed by atoms with Crippen LogP contribution in [0.1, 0.15) is 59.0 Å².